The largest absolute Gasteiger partial charge is 0.392 e. The molecule has 0 saturated carbocycles. The van der Waals surface area contributed by atoms with Crippen molar-refractivity contribution in [2.24, 2.45) is 7.05 Å². The molecule has 0 radical (unpaired) electrons. The van der Waals surface area contributed by atoms with E-state index in [-0.39, 0.29) is 17.7 Å². The molecule has 194 valence electrons. The highest BCUT2D eigenvalue weighted by Crippen LogP contribution is 2.30. The molecule has 9 nitrogen and oxygen atoms in total. The number of rotatable bonds is 7. The van der Waals surface area contributed by atoms with E-state index in [4.69, 9.17) is 0 Å². The van der Waals surface area contributed by atoms with Gasteiger partial charge in [0.25, 0.3) is 11.1 Å². The summed E-state index contributed by atoms with van der Waals surface area (Å²) in [6.07, 6.45) is 4.25. The maximum absolute atomic E-state index is 13.5. The van der Waals surface area contributed by atoms with Crippen LogP contribution in [0.4, 0.5) is 17.2 Å². The molecule has 0 unspecified atom stereocenters. The number of aliphatic hydroxyl groups is 1. The van der Waals surface area contributed by atoms with Crippen molar-refractivity contribution < 1.29 is 5.11 Å². The van der Waals surface area contributed by atoms with Gasteiger partial charge in [-0.1, -0.05) is 19.1 Å². The van der Waals surface area contributed by atoms with Gasteiger partial charge in [0.2, 0.25) is 0 Å². The van der Waals surface area contributed by atoms with E-state index in [1.807, 2.05) is 74.4 Å². The fourth-order valence-corrected chi connectivity index (χ4v) is 4.63. The molecule has 2 aromatic carbocycles. The highest BCUT2D eigenvalue weighted by atomic mass is 16.3. The average Bonchev–Trinajstić information content (AvgIpc) is 3.38. The lowest BCUT2D eigenvalue weighted by Gasteiger charge is -2.17. The van der Waals surface area contributed by atoms with Gasteiger partial charge in [0.1, 0.15) is 5.69 Å². The summed E-state index contributed by atoms with van der Waals surface area (Å²) >= 11 is 0. The molecule has 3 aromatic heterocycles. The third kappa shape index (κ3) is 4.48. The van der Waals surface area contributed by atoms with Crippen LogP contribution in [-0.2, 0) is 20.1 Å². The number of aliphatic hydroxyl groups excluding tert-OH is 1. The number of aryl methyl sites for hydroxylation is 2. The molecule has 0 aliphatic carbocycles. The lowest BCUT2D eigenvalue weighted by Crippen LogP contribution is -2.21. The second-order valence-corrected chi connectivity index (χ2v) is 9.43. The summed E-state index contributed by atoms with van der Waals surface area (Å²) in [5.41, 5.74) is 4.53. The number of nitrogens with one attached hydrogen (secondary N) is 2. The molecule has 0 bridgehead atoms. The maximum atomic E-state index is 13.5. The van der Waals surface area contributed by atoms with Gasteiger partial charge in [-0.05, 0) is 53.8 Å². The molecular formula is C29H30N6O3. The van der Waals surface area contributed by atoms with Gasteiger partial charge in [0.05, 0.1) is 12.3 Å². The Morgan fingerprint density at radius 2 is 1.87 bits per heavy atom. The van der Waals surface area contributed by atoms with Gasteiger partial charge in [0, 0.05) is 67.5 Å². The van der Waals surface area contributed by atoms with Crippen molar-refractivity contribution in [3.8, 4) is 16.8 Å². The lowest BCUT2D eigenvalue weighted by molar-refractivity contribution is 0.282. The summed E-state index contributed by atoms with van der Waals surface area (Å²) in [6.45, 7) is 1.72. The van der Waals surface area contributed by atoms with E-state index >= 15 is 0 Å². The Labute approximate surface area is 219 Å². The standard InChI is InChI=1S/C29H30N6O3/c1-5-20-15-27(32-31-20)30-25-14-19(16-34(4)29(25)38)22-7-6-8-26(24(22)17-36)35-12-11-18-13-21(33(2)3)9-10-23(18)28(35)37/h6-16,36H,5,17H2,1-4H3,(H2,30,31,32). The SMILES string of the molecule is CCc1cc(Nc2cc(-c3cccc(-n4ccc5cc(N(C)C)ccc5c4=O)c3CO)cn(C)c2=O)n[nH]1. The van der Waals surface area contributed by atoms with Gasteiger partial charge < -0.3 is 19.9 Å². The zero-order valence-electron chi connectivity index (χ0n) is 21.8. The quantitative estimate of drug-likeness (QED) is 0.306. The van der Waals surface area contributed by atoms with Crippen molar-refractivity contribution in [3.05, 3.63) is 99.0 Å². The smallest absolute Gasteiger partial charge is 0.274 e. The zero-order chi connectivity index (χ0) is 27.0. The molecule has 0 amide bonds. The number of benzene rings is 2. The molecular weight excluding hydrogens is 480 g/mol. The van der Waals surface area contributed by atoms with Gasteiger partial charge in [-0.2, -0.15) is 5.10 Å². The minimum absolute atomic E-state index is 0.173. The Bertz CT molecular complexity index is 1760. The molecule has 0 aliphatic rings. The summed E-state index contributed by atoms with van der Waals surface area (Å²) < 4.78 is 3.05. The number of hydrogen-bond acceptors (Lipinski definition) is 6. The summed E-state index contributed by atoms with van der Waals surface area (Å²) in [4.78, 5) is 28.4. The molecule has 0 spiro atoms. The molecule has 0 aliphatic heterocycles. The lowest BCUT2D eigenvalue weighted by atomic mass is 9.99. The summed E-state index contributed by atoms with van der Waals surface area (Å²) in [6, 6.07) is 16.8. The number of hydrogen-bond donors (Lipinski definition) is 3. The fourth-order valence-electron chi connectivity index (χ4n) is 4.63. The monoisotopic (exact) mass is 510 g/mol. The Kier molecular flexibility index (Phi) is 6.61. The summed E-state index contributed by atoms with van der Waals surface area (Å²) in [7, 11) is 5.59. The van der Waals surface area contributed by atoms with E-state index < -0.39 is 0 Å². The fraction of sp³-hybridized carbons (Fsp3) is 0.207. The highest BCUT2D eigenvalue weighted by molar-refractivity contribution is 5.85. The first-order valence-electron chi connectivity index (χ1n) is 12.4. The van der Waals surface area contributed by atoms with Crippen LogP contribution >= 0.6 is 0 Å². The zero-order valence-corrected chi connectivity index (χ0v) is 21.8. The summed E-state index contributed by atoms with van der Waals surface area (Å²) in [5.74, 6) is 0.548. The number of anilines is 3. The van der Waals surface area contributed by atoms with Crippen LogP contribution in [0.25, 0.3) is 27.6 Å². The molecule has 5 aromatic rings. The number of aromatic nitrogens is 4. The maximum Gasteiger partial charge on any atom is 0.274 e. The van der Waals surface area contributed by atoms with E-state index in [0.717, 1.165) is 34.3 Å². The van der Waals surface area contributed by atoms with Crippen LogP contribution in [0.3, 0.4) is 0 Å². The minimum Gasteiger partial charge on any atom is -0.392 e. The van der Waals surface area contributed by atoms with Crippen molar-refractivity contribution in [2.75, 3.05) is 24.3 Å². The Morgan fingerprint density at radius 1 is 1.05 bits per heavy atom. The number of aromatic amines is 1. The van der Waals surface area contributed by atoms with E-state index in [1.54, 1.807) is 30.1 Å². The Hall–Kier alpha value is -4.63. The molecule has 38 heavy (non-hydrogen) atoms. The van der Waals surface area contributed by atoms with Crippen LogP contribution < -0.4 is 21.3 Å². The van der Waals surface area contributed by atoms with E-state index in [2.05, 4.69) is 15.5 Å². The first kappa shape index (κ1) is 25.0. The second kappa shape index (κ2) is 10.0. The van der Waals surface area contributed by atoms with Gasteiger partial charge in [-0.15, -0.1) is 0 Å². The van der Waals surface area contributed by atoms with E-state index in [1.165, 1.54) is 4.57 Å². The number of pyridine rings is 2. The highest BCUT2D eigenvalue weighted by Gasteiger charge is 2.16. The topological polar surface area (TPSA) is 108 Å². The predicted octanol–water partition coefficient (Wildman–Crippen LogP) is 3.94. The normalized spacial score (nSPS) is 11.2. The number of fused-ring (bicyclic) bond motifs is 1. The van der Waals surface area contributed by atoms with Crippen LogP contribution in [0.1, 0.15) is 18.2 Å². The van der Waals surface area contributed by atoms with Crippen molar-refractivity contribution in [3.63, 3.8) is 0 Å². The first-order valence-corrected chi connectivity index (χ1v) is 12.4. The van der Waals surface area contributed by atoms with Crippen LogP contribution in [0.15, 0.2) is 76.6 Å². The third-order valence-corrected chi connectivity index (χ3v) is 6.74. The molecule has 9 heteroatoms. The predicted molar refractivity (Wildman–Crippen MR) is 152 cm³/mol. The summed E-state index contributed by atoms with van der Waals surface area (Å²) in [5, 5.41) is 22.2. The minimum atomic E-state index is -0.291. The Balaban J connectivity index is 1.62. The van der Waals surface area contributed by atoms with Gasteiger partial charge in [-0.25, -0.2) is 0 Å². The molecule has 3 N–H and O–H groups in total. The van der Waals surface area contributed by atoms with E-state index in [0.29, 0.717) is 28.1 Å². The van der Waals surface area contributed by atoms with Crippen molar-refractivity contribution in [1.82, 2.24) is 19.3 Å². The molecule has 5 rings (SSSR count). The van der Waals surface area contributed by atoms with Gasteiger partial charge in [0.15, 0.2) is 5.82 Å². The van der Waals surface area contributed by atoms with Crippen LogP contribution in [0.5, 0.6) is 0 Å². The molecule has 0 atom stereocenters. The molecule has 3 heterocycles. The molecule has 0 saturated heterocycles. The van der Waals surface area contributed by atoms with E-state index in [9.17, 15) is 14.7 Å². The number of nitrogens with zero attached hydrogens (tertiary/aromatic N) is 4. The third-order valence-electron chi connectivity index (χ3n) is 6.74. The van der Waals surface area contributed by atoms with Crippen LogP contribution in [0, 0.1) is 0 Å². The van der Waals surface area contributed by atoms with Crippen LogP contribution in [0.2, 0.25) is 0 Å². The Morgan fingerprint density at radius 3 is 2.58 bits per heavy atom. The van der Waals surface area contributed by atoms with Crippen molar-refractivity contribution in [1.29, 1.82) is 0 Å². The number of H-pyrrole nitrogens is 1. The van der Waals surface area contributed by atoms with Gasteiger partial charge >= 0.3 is 0 Å². The van der Waals surface area contributed by atoms with Crippen molar-refractivity contribution in [2.45, 2.75) is 20.0 Å². The second-order valence-electron chi connectivity index (χ2n) is 9.43. The van der Waals surface area contributed by atoms with Crippen molar-refractivity contribution >= 4 is 28.0 Å². The average molecular weight is 511 g/mol. The van der Waals surface area contributed by atoms with Gasteiger partial charge in [-0.3, -0.25) is 19.3 Å². The van der Waals surface area contributed by atoms with Crippen LogP contribution in [-0.4, -0.2) is 38.5 Å². The first-order chi connectivity index (χ1) is 18.3. The molecule has 0 fully saturated rings.